The first-order chi connectivity index (χ1) is 10.1. The first-order valence-electron chi connectivity index (χ1n) is 6.85. The van der Waals surface area contributed by atoms with Crippen LogP contribution in [0.1, 0.15) is 28.7 Å². The van der Waals surface area contributed by atoms with Crippen molar-refractivity contribution < 1.29 is 9.84 Å². The van der Waals surface area contributed by atoms with Crippen molar-refractivity contribution in [3.8, 4) is 5.75 Å². The van der Waals surface area contributed by atoms with E-state index in [4.69, 9.17) is 22.1 Å². The third kappa shape index (κ3) is 3.56. The Bertz CT molecular complexity index is 615. The number of aliphatic hydroxyl groups is 1. The Morgan fingerprint density at radius 3 is 2.57 bits per heavy atom. The summed E-state index contributed by atoms with van der Waals surface area (Å²) in [5.41, 5.74) is 8.59. The van der Waals surface area contributed by atoms with E-state index >= 15 is 0 Å². The van der Waals surface area contributed by atoms with Crippen LogP contribution in [-0.4, -0.2) is 18.8 Å². The third-order valence-electron chi connectivity index (χ3n) is 3.68. The molecule has 2 atom stereocenters. The van der Waals surface area contributed by atoms with Gasteiger partial charge in [0.15, 0.2) is 0 Å². The monoisotopic (exact) mass is 305 g/mol. The summed E-state index contributed by atoms with van der Waals surface area (Å²) >= 11 is 6.03. The van der Waals surface area contributed by atoms with E-state index in [-0.39, 0.29) is 5.92 Å². The average molecular weight is 306 g/mol. The van der Waals surface area contributed by atoms with E-state index in [0.717, 1.165) is 22.4 Å². The van der Waals surface area contributed by atoms with Gasteiger partial charge in [-0.05, 0) is 41.8 Å². The van der Waals surface area contributed by atoms with Crippen molar-refractivity contribution in [3.05, 3.63) is 64.2 Å². The van der Waals surface area contributed by atoms with Crippen LogP contribution < -0.4 is 10.5 Å². The Kier molecular flexibility index (Phi) is 5.23. The molecule has 0 saturated carbocycles. The molecule has 0 saturated heterocycles. The molecule has 0 radical (unpaired) electrons. The second-order valence-electron chi connectivity index (χ2n) is 5.07. The van der Waals surface area contributed by atoms with Gasteiger partial charge < -0.3 is 15.6 Å². The van der Waals surface area contributed by atoms with Gasteiger partial charge in [-0.3, -0.25) is 0 Å². The topological polar surface area (TPSA) is 55.5 Å². The summed E-state index contributed by atoms with van der Waals surface area (Å²) in [5, 5.41) is 11.3. The molecule has 2 rings (SSSR count). The van der Waals surface area contributed by atoms with Gasteiger partial charge in [0, 0.05) is 17.5 Å². The fourth-order valence-electron chi connectivity index (χ4n) is 2.40. The number of halogens is 1. The van der Waals surface area contributed by atoms with Crippen LogP contribution in [-0.2, 0) is 0 Å². The summed E-state index contributed by atoms with van der Waals surface area (Å²) in [5.74, 6) is 0.561. The lowest BCUT2D eigenvalue weighted by Gasteiger charge is -2.23. The summed E-state index contributed by atoms with van der Waals surface area (Å²) < 4.78 is 5.23. The minimum Gasteiger partial charge on any atom is -0.497 e. The second kappa shape index (κ2) is 6.94. The Hall–Kier alpha value is -1.55. The molecule has 4 heteroatoms. The Morgan fingerprint density at radius 1 is 1.19 bits per heavy atom. The molecule has 0 amide bonds. The molecule has 0 aliphatic rings. The summed E-state index contributed by atoms with van der Waals surface area (Å²) in [7, 11) is 1.62. The minimum atomic E-state index is -0.682. The molecule has 0 aliphatic carbocycles. The van der Waals surface area contributed by atoms with E-state index in [0.29, 0.717) is 11.6 Å². The van der Waals surface area contributed by atoms with Crippen LogP contribution in [0.25, 0.3) is 0 Å². The standard InChI is InChI=1S/C17H20ClNO2/c1-11-8-13(6-7-16(11)18)17(20)15(10-19)12-4-3-5-14(9-12)21-2/h3-9,15,17,20H,10,19H2,1-2H3. The number of hydrogen-bond donors (Lipinski definition) is 2. The molecule has 0 bridgehead atoms. The lowest BCUT2D eigenvalue weighted by Crippen LogP contribution is -2.20. The SMILES string of the molecule is COc1cccc(C(CN)C(O)c2ccc(Cl)c(C)c2)c1. The zero-order valence-corrected chi connectivity index (χ0v) is 13.0. The van der Waals surface area contributed by atoms with Crippen molar-refractivity contribution >= 4 is 11.6 Å². The van der Waals surface area contributed by atoms with Gasteiger partial charge in [-0.15, -0.1) is 0 Å². The maximum absolute atomic E-state index is 10.6. The highest BCUT2D eigenvalue weighted by atomic mass is 35.5. The van der Waals surface area contributed by atoms with Crippen molar-refractivity contribution in [1.82, 2.24) is 0 Å². The molecule has 0 heterocycles. The lowest BCUT2D eigenvalue weighted by atomic mass is 9.88. The number of aliphatic hydroxyl groups excluding tert-OH is 1. The van der Waals surface area contributed by atoms with Gasteiger partial charge in [-0.25, -0.2) is 0 Å². The van der Waals surface area contributed by atoms with Crippen LogP contribution in [0.3, 0.4) is 0 Å². The van der Waals surface area contributed by atoms with Crippen molar-refractivity contribution in [2.45, 2.75) is 18.9 Å². The maximum atomic E-state index is 10.6. The number of ether oxygens (including phenoxy) is 1. The van der Waals surface area contributed by atoms with E-state index in [2.05, 4.69) is 0 Å². The molecule has 112 valence electrons. The van der Waals surface area contributed by atoms with Crippen LogP contribution >= 0.6 is 11.6 Å². The van der Waals surface area contributed by atoms with Crippen LogP contribution in [0.4, 0.5) is 0 Å². The normalized spacial score (nSPS) is 13.8. The van der Waals surface area contributed by atoms with Crippen molar-refractivity contribution in [3.63, 3.8) is 0 Å². The zero-order chi connectivity index (χ0) is 15.4. The molecule has 2 aromatic carbocycles. The first-order valence-corrected chi connectivity index (χ1v) is 7.22. The quantitative estimate of drug-likeness (QED) is 0.890. The fourth-order valence-corrected chi connectivity index (χ4v) is 2.52. The number of hydrogen-bond acceptors (Lipinski definition) is 3. The van der Waals surface area contributed by atoms with Crippen molar-refractivity contribution in [2.24, 2.45) is 5.73 Å². The van der Waals surface area contributed by atoms with Gasteiger partial charge in [0.1, 0.15) is 5.75 Å². The molecule has 2 unspecified atom stereocenters. The first kappa shape index (κ1) is 15.8. The van der Waals surface area contributed by atoms with Gasteiger partial charge >= 0.3 is 0 Å². The van der Waals surface area contributed by atoms with Crippen molar-refractivity contribution in [2.75, 3.05) is 13.7 Å². The summed E-state index contributed by atoms with van der Waals surface area (Å²) in [4.78, 5) is 0. The van der Waals surface area contributed by atoms with Crippen LogP contribution in [0.2, 0.25) is 5.02 Å². The van der Waals surface area contributed by atoms with Gasteiger partial charge in [-0.1, -0.05) is 35.9 Å². The largest absolute Gasteiger partial charge is 0.497 e. The number of aryl methyl sites for hydroxylation is 1. The molecule has 3 N–H and O–H groups in total. The van der Waals surface area contributed by atoms with Crippen molar-refractivity contribution in [1.29, 1.82) is 0 Å². The molecule has 2 aromatic rings. The summed E-state index contributed by atoms with van der Waals surface area (Å²) in [6.45, 7) is 2.26. The number of rotatable bonds is 5. The Balaban J connectivity index is 2.32. The van der Waals surface area contributed by atoms with E-state index in [1.807, 2.05) is 43.3 Å². The van der Waals surface area contributed by atoms with Crippen LogP contribution in [0.5, 0.6) is 5.75 Å². The Labute approximate surface area is 130 Å². The molecule has 0 aliphatic heterocycles. The molecule has 0 aromatic heterocycles. The van der Waals surface area contributed by atoms with Gasteiger partial charge in [0.05, 0.1) is 13.2 Å². The minimum absolute atomic E-state index is 0.194. The summed E-state index contributed by atoms with van der Waals surface area (Å²) in [6, 6.07) is 13.2. The fraction of sp³-hybridized carbons (Fsp3) is 0.294. The van der Waals surface area contributed by atoms with E-state index in [1.165, 1.54) is 0 Å². The molecule has 21 heavy (non-hydrogen) atoms. The van der Waals surface area contributed by atoms with E-state index < -0.39 is 6.10 Å². The van der Waals surface area contributed by atoms with Crippen LogP contribution in [0, 0.1) is 6.92 Å². The highest BCUT2D eigenvalue weighted by molar-refractivity contribution is 6.31. The Morgan fingerprint density at radius 2 is 1.95 bits per heavy atom. The van der Waals surface area contributed by atoms with E-state index in [1.54, 1.807) is 13.2 Å². The molecular formula is C17H20ClNO2. The lowest BCUT2D eigenvalue weighted by molar-refractivity contribution is 0.147. The third-order valence-corrected chi connectivity index (χ3v) is 4.10. The molecular weight excluding hydrogens is 286 g/mol. The van der Waals surface area contributed by atoms with Gasteiger partial charge in [0.2, 0.25) is 0 Å². The molecule has 3 nitrogen and oxygen atoms in total. The average Bonchev–Trinajstić information content (AvgIpc) is 2.51. The van der Waals surface area contributed by atoms with E-state index in [9.17, 15) is 5.11 Å². The molecule has 0 fully saturated rings. The van der Waals surface area contributed by atoms with Crippen LogP contribution in [0.15, 0.2) is 42.5 Å². The predicted molar refractivity (Wildman–Crippen MR) is 85.9 cm³/mol. The molecule has 0 spiro atoms. The summed E-state index contributed by atoms with van der Waals surface area (Å²) in [6.07, 6.45) is -0.682. The number of nitrogens with two attached hydrogens (primary N) is 1. The zero-order valence-electron chi connectivity index (χ0n) is 12.2. The number of benzene rings is 2. The van der Waals surface area contributed by atoms with Gasteiger partial charge in [-0.2, -0.15) is 0 Å². The maximum Gasteiger partial charge on any atom is 0.119 e. The highest BCUT2D eigenvalue weighted by Crippen LogP contribution is 2.33. The predicted octanol–water partition coefficient (Wildman–Crippen LogP) is 3.43. The highest BCUT2D eigenvalue weighted by Gasteiger charge is 2.22. The number of methoxy groups -OCH3 is 1. The smallest absolute Gasteiger partial charge is 0.119 e. The second-order valence-corrected chi connectivity index (χ2v) is 5.48. The van der Waals surface area contributed by atoms with Gasteiger partial charge in [0.25, 0.3) is 0 Å².